The van der Waals surface area contributed by atoms with Crippen molar-refractivity contribution in [2.45, 2.75) is 136 Å². The van der Waals surface area contributed by atoms with Crippen molar-refractivity contribution in [2.75, 3.05) is 13.2 Å². The Bertz CT molecular complexity index is 1300. The summed E-state index contributed by atoms with van der Waals surface area (Å²) < 4.78 is 5.63. The molecule has 6 unspecified atom stereocenters. The Morgan fingerprint density at radius 2 is 1.52 bits per heavy atom. The molecule has 0 bridgehead atoms. The van der Waals surface area contributed by atoms with E-state index >= 15 is 0 Å². The standard InChI is InChI=1S/C36H58O12/c1-31(2)11-13-36(30(46)47)14-12-34(5)18(23(36)27(31)44)7-8-22-32(3)15-19(39)28(33(4,17-38)21(32)9-10-35(22,34)6)48-29(45)26(43)25(42)24(41)20(40)16-37/h7,19-28,37-44H,8-17H2,1-6H3,(H,46,47)/t19-,20-,21?,22?,23?,24-,25+,26+,27+,28+,32?,33-,34-,35?,36?/m1/s1. The van der Waals surface area contributed by atoms with Crippen LogP contribution in [-0.2, 0) is 14.3 Å². The van der Waals surface area contributed by atoms with Crippen molar-refractivity contribution in [3.8, 4) is 0 Å². The second kappa shape index (κ2) is 12.3. The molecule has 0 saturated heterocycles. The van der Waals surface area contributed by atoms with Crippen molar-refractivity contribution in [3.63, 3.8) is 0 Å². The van der Waals surface area contributed by atoms with Gasteiger partial charge < -0.3 is 50.7 Å². The highest BCUT2D eigenvalue weighted by molar-refractivity contribution is 5.77. The van der Waals surface area contributed by atoms with Gasteiger partial charge in [0.1, 0.15) is 24.4 Å². The quantitative estimate of drug-likeness (QED) is 0.130. The molecule has 0 aliphatic heterocycles. The molecule has 4 saturated carbocycles. The van der Waals surface area contributed by atoms with E-state index in [2.05, 4.69) is 26.8 Å². The van der Waals surface area contributed by atoms with Crippen LogP contribution in [0.1, 0.15) is 92.9 Å². The molecular formula is C36H58O12. The normalized spacial score (nSPS) is 47.5. The first-order valence-corrected chi connectivity index (χ1v) is 17.6. The summed E-state index contributed by atoms with van der Waals surface area (Å²) in [4.78, 5) is 26.0. The summed E-state index contributed by atoms with van der Waals surface area (Å²) in [6.45, 7) is 11.0. The number of aliphatic carboxylic acids is 1. The third-order valence-corrected chi connectivity index (χ3v) is 15.1. The van der Waals surface area contributed by atoms with Crippen LogP contribution in [0.2, 0.25) is 0 Å². The molecule has 0 aromatic rings. The fraction of sp³-hybridized carbons (Fsp3) is 0.889. The van der Waals surface area contributed by atoms with E-state index in [0.29, 0.717) is 38.5 Å². The number of allylic oxidation sites excluding steroid dienone is 1. The van der Waals surface area contributed by atoms with Gasteiger partial charge in [-0.3, -0.25) is 4.79 Å². The molecule has 0 heterocycles. The molecule has 9 N–H and O–H groups in total. The summed E-state index contributed by atoms with van der Waals surface area (Å²) >= 11 is 0. The summed E-state index contributed by atoms with van der Waals surface area (Å²) in [6.07, 6.45) is -5.06. The van der Waals surface area contributed by atoms with Crippen molar-refractivity contribution in [1.29, 1.82) is 0 Å². The van der Waals surface area contributed by atoms with Gasteiger partial charge >= 0.3 is 11.9 Å². The number of carbonyl (C=O) groups is 2. The van der Waals surface area contributed by atoms with E-state index in [0.717, 1.165) is 12.0 Å². The molecule has 5 rings (SSSR count). The molecule has 5 aliphatic carbocycles. The SMILES string of the molecule is CC12C[C@@H](O)[C@H](OC(=O)[C@@H](O)[C@@H](O)[C@H](O)[C@H](O)CO)[C@](C)(CO)C1CCC1(C)C2CC=C2C3[C@H](O)C(C)(C)CCC3(C(=O)O)CC[C@]21C. The van der Waals surface area contributed by atoms with E-state index < -0.39 is 101 Å². The van der Waals surface area contributed by atoms with Gasteiger partial charge in [0.2, 0.25) is 0 Å². The molecule has 0 aromatic heterocycles. The van der Waals surface area contributed by atoms with Gasteiger partial charge in [-0.1, -0.05) is 53.2 Å². The zero-order valence-electron chi connectivity index (χ0n) is 29.2. The van der Waals surface area contributed by atoms with Gasteiger partial charge in [0.05, 0.1) is 30.8 Å². The lowest BCUT2D eigenvalue weighted by molar-refractivity contribution is -0.255. The van der Waals surface area contributed by atoms with Crippen LogP contribution < -0.4 is 0 Å². The van der Waals surface area contributed by atoms with E-state index in [1.807, 2.05) is 13.8 Å². The zero-order chi connectivity index (χ0) is 36.0. The fourth-order valence-electron chi connectivity index (χ4n) is 11.8. The highest BCUT2D eigenvalue weighted by atomic mass is 16.6. The Morgan fingerprint density at radius 1 is 0.896 bits per heavy atom. The van der Waals surface area contributed by atoms with Gasteiger partial charge in [-0.25, -0.2) is 4.79 Å². The van der Waals surface area contributed by atoms with Gasteiger partial charge in [0, 0.05) is 11.3 Å². The Labute approximate surface area is 282 Å². The van der Waals surface area contributed by atoms with Crippen molar-refractivity contribution in [1.82, 2.24) is 0 Å². The number of carboxylic acid groups (broad SMARTS) is 1. The van der Waals surface area contributed by atoms with Gasteiger partial charge in [0.25, 0.3) is 0 Å². The smallest absolute Gasteiger partial charge is 0.338 e. The molecule has 0 radical (unpaired) electrons. The van der Waals surface area contributed by atoms with Crippen molar-refractivity contribution in [2.24, 2.45) is 50.2 Å². The number of hydrogen-bond acceptors (Lipinski definition) is 11. The molecular weight excluding hydrogens is 624 g/mol. The maximum absolute atomic E-state index is 13.0. The Kier molecular flexibility index (Phi) is 9.60. The number of fused-ring (bicyclic) bond motifs is 7. The fourth-order valence-corrected chi connectivity index (χ4v) is 11.8. The number of ether oxygens (including phenoxy) is 1. The molecule has 48 heavy (non-hydrogen) atoms. The van der Waals surface area contributed by atoms with Crippen LogP contribution in [-0.4, -0.2) is 114 Å². The number of aliphatic hydroxyl groups is 8. The van der Waals surface area contributed by atoms with E-state index in [1.54, 1.807) is 6.92 Å². The highest BCUT2D eigenvalue weighted by Gasteiger charge is 2.72. The molecule has 0 spiro atoms. The molecule has 15 atom stereocenters. The molecule has 12 heteroatoms. The zero-order valence-corrected chi connectivity index (χ0v) is 29.2. The van der Waals surface area contributed by atoms with Crippen molar-refractivity contribution >= 4 is 11.9 Å². The van der Waals surface area contributed by atoms with E-state index in [-0.39, 0.29) is 23.7 Å². The second-order valence-corrected chi connectivity index (χ2v) is 17.6. The number of rotatable bonds is 8. The minimum atomic E-state index is -2.29. The predicted octanol–water partition coefficient (Wildman–Crippen LogP) is 1.13. The first kappa shape index (κ1) is 37.6. The van der Waals surface area contributed by atoms with E-state index in [4.69, 9.17) is 9.84 Å². The summed E-state index contributed by atoms with van der Waals surface area (Å²) in [7, 11) is 0. The first-order valence-electron chi connectivity index (χ1n) is 17.6. The Balaban J connectivity index is 1.48. The van der Waals surface area contributed by atoms with Crippen LogP contribution in [0, 0.1) is 50.2 Å². The number of carboxylic acids is 1. The number of hydrogen-bond donors (Lipinski definition) is 9. The van der Waals surface area contributed by atoms with Crippen LogP contribution >= 0.6 is 0 Å². The van der Waals surface area contributed by atoms with E-state index in [9.17, 15) is 50.4 Å². The largest absolute Gasteiger partial charge is 0.481 e. The molecule has 0 aromatic carbocycles. The van der Waals surface area contributed by atoms with Crippen LogP contribution in [0.25, 0.3) is 0 Å². The third-order valence-electron chi connectivity index (χ3n) is 15.1. The average molecular weight is 683 g/mol. The number of esters is 1. The lowest BCUT2D eigenvalue weighted by Gasteiger charge is -2.71. The van der Waals surface area contributed by atoms with Crippen molar-refractivity contribution in [3.05, 3.63) is 11.6 Å². The lowest BCUT2D eigenvalue weighted by atomic mass is 9.33. The average Bonchev–Trinajstić information content (AvgIpc) is 3.03. The van der Waals surface area contributed by atoms with Crippen LogP contribution in [0.5, 0.6) is 0 Å². The molecule has 0 amide bonds. The molecule has 12 nitrogen and oxygen atoms in total. The van der Waals surface area contributed by atoms with Crippen LogP contribution in [0.3, 0.4) is 0 Å². The summed E-state index contributed by atoms with van der Waals surface area (Å²) in [5.41, 5.74) is -2.90. The van der Waals surface area contributed by atoms with Crippen LogP contribution in [0.4, 0.5) is 0 Å². The molecule has 5 aliphatic rings. The molecule has 4 fully saturated rings. The van der Waals surface area contributed by atoms with Crippen molar-refractivity contribution < 1.29 is 60.3 Å². The lowest BCUT2D eigenvalue weighted by Crippen LogP contribution is -2.69. The minimum Gasteiger partial charge on any atom is -0.481 e. The Hall–Kier alpha value is -1.64. The topological polar surface area (TPSA) is 225 Å². The highest BCUT2D eigenvalue weighted by Crippen LogP contribution is 2.76. The summed E-state index contributed by atoms with van der Waals surface area (Å²) in [5, 5.41) is 94.6. The molecule has 274 valence electrons. The Morgan fingerprint density at radius 3 is 2.10 bits per heavy atom. The summed E-state index contributed by atoms with van der Waals surface area (Å²) in [5.74, 6) is -2.93. The number of aliphatic hydroxyl groups excluding tert-OH is 8. The van der Waals surface area contributed by atoms with Gasteiger partial charge in [-0.2, -0.15) is 0 Å². The number of carbonyl (C=O) groups excluding carboxylic acids is 1. The van der Waals surface area contributed by atoms with Crippen LogP contribution in [0.15, 0.2) is 11.6 Å². The van der Waals surface area contributed by atoms with Gasteiger partial charge in [-0.15, -0.1) is 0 Å². The maximum Gasteiger partial charge on any atom is 0.338 e. The van der Waals surface area contributed by atoms with Gasteiger partial charge in [-0.05, 0) is 84.9 Å². The predicted molar refractivity (Wildman–Crippen MR) is 172 cm³/mol. The minimum absolute atomic E-state index is 0.00303. The monoisotopic (exact) mass is 682 g/mol. The second-order valence-electron chi connectivity index (χ2n) is 17.6. The van der Waals surface area contributed by atoms with Gasteiger partial charge in [0.15, 0.2) is 6.10 Å². The van der Waals surface area contributed by atoms with E-state index in [1.165, 1.54) is 0 Å². The summed E-state index contributed by atoms with van der Waals surface area (Å²) in [6, 6.07) is 0. The maximum atomic E-state index is 13.0. The first-order chi connectivity index (χ1) is 22.1. The third kappa shape index (κ3) is 5.06.